The fourth-order valence-corrected chi connectivity index (χ4v) is 2.85. The molecule has 2 rings (SSSR count). The van der Waals surface area contributed by atoms with E-state index in [-0.39, 0.29) is 18.1 Å². The highest BCUT2D eigenvalue weighted by atomic mass is 19.1. The zero-order valence-electron chi connectivity index (χ0n) is 15.8. The van der Waals surface area contributed by atoms with Crippen LogP contribution in [-0.4, -0.2) is 53.7 Å². The van der Waals surface area contributed by atoms with Crippen LogP contribution in [0.2, 0.25) is 0 Å². The number of anilines is 1. The van der Waals surface area contributed by atoms with E-state index in [1.54, 1.807) is 17.9 Å². The van der Waals surface area contributed by atoms with E-state index in [0.717, 1.165) is 5.56 Å². The minimum absolute atomic E-state index is 0.0114. The molecule has 1 heterocycles. The topological polar surface area (TPSA) is 69.7 Å². The van der Waals surface area contributed by atoms with Crippen LogP contribution < -0.4 is 5.32 Å². The predicted molar refractivity (Wildman–Crippen MR) is 97.0 cm³/mol. The molecule has 0 atom stereocenters. The SMILES string of the molecule is Cc1ccc(F)c(NC(=O)C(=O)N2CCCN(C(=O)C(C)(C)C)CC2)c1. The molecule has 1 fully saturated rings. The third-order valence-electron chi connectivity index (χ3n) is 4.28. The lowest BCUT2D eigenvalue weighted by Crippen LogP contribution is -2.44. The third kappa shape index (κ3) is 4.80. The summed E-state index contributed by atoms with van der Waals surface area (Å²) in [4.78, 5) is 40.2. The molecule has 0 aromatic heterocycles. The highest BCUT2D eigenvalue weighted by Crippen LogP contribution is 2.19. The molecule has 26 heavy (non-hydrogen) atoms. The van der Waals surface area contributed by atoms with Gasteiger partial charge in [-0.25, -0.2) is 4.39 Å². The van der Waals surface area contributed by atoms with E-state index < -0.39 is 23.0 Å². The van der Waals surface area contributed by atoms with Gasteiger partial charge >= 0.3 is 11.8 Å². The molecule has 1 aliphatic heterocycles. The van der Waals surface area contributed by atoms with Crippen molar-refractivity contribution < 1.29 is 18.8 Å². The molecule has 0 saturated carbocycles. The summed E-state index contributed by atoms with van der Waals surface area (Å²) in [6, 6.07) is 4.31. The van der Waals surface area contributed by atoms with E-state index in [1.165, 1.54) is 17.0 Å². The molecule has 0 unspecified atom stereocenters. The first-order valence-electron chi connectivity index (χ1n) is 8.75. The second-order valence-corrected chi connectivity index (χ2v) is 7.63. The van der Waals surface area contributed by atoms with Crippen LogP contribution in [0.1, 0.15) is 32.8 Å². The smallest absolute Gasteiger partial charge is 0.313 e. The van der Waals surface area contributed by atoms with Crippen LogP contribution in [0.25, 0.3) is 0 Å². The van der Waals surface area contributed by atoms with Crippen molar-refractivity contribution in [1.82, 2.24) is 9.80 Å². The van der Waals surface area contributed by atoms with Crippen molar-refractivity contribution in [2.75, 3.05) is 31.5 Å². The summed E-state index contributed by atoms with van der Waals surface area (Å²) in [5.74, 6) is -2.14. The summed E-state index contributed by atoms with van der Waals surface area (Å²) in [5.41, 5.74) is 0.280. The van der Waals surface area contributed by atoms with Gasteiger partial charge in [0.1, 0.15) is 5.82 Å². The first-order valence-corrected chi connectivity index (χ1v) is 8.75. The number of hydrogen-bond donors (Lipinski definition) is 1. The van der Waals surface area contributed by atoms with Gasteiger partial charge < -0.3 is 15.1 Å². The standard InChI is InChI=1S/C19H26FN3O3/c1-13-6-7-14(20)15(12-13)21-16(24)17(25)22-8-5-9-23(11-10-22)18(26)19(2,3)4/h6-7,12H,5,8-11H2,1-4H3,(H,21,24). The Labute approximate surface area is 153 Å². The highest BCUT2D eigenvalue weighted by molar-refractivity contribution is 6.39. The average Bonchev–Trinajstić information content (AvgIpc) is 2.81. The number of hydrogen-bond acceptors (Lipinski definition) is 3. The monoisotopic (exact) mass is 363 g/mol. The summed E-state index contributed by atoms with van der Waals surface area (Å²) in [6.07, 6.45) is 0.597. The Morgan fingerprint density at radius 2 is 1.65 bits per heavy atom. The molecule has 1 saturated heterocycles. The van der Waals surface area contributed by atoms with E-state index in [0.29, 0.717) is 26.1 Å². The van der Waals surface area contributed by atoms with Crippen LogP contribution >= 0.6 is 0 Å². The summed E-state index contributed by atoms with van der Waals surface area (Å²) in [7, 11) is 0. The molecule has 0 spiro atoms. The predicted octanol–water partition coefficient (Wildman–Crippen LogP) is 2.18. The lowest BCUT2D eigenvalue weighted by atomic mass is 9.94. The number of carbonyl (C=O) groups excluding carboxylic acids is 3. The zero-order chi connectivity index (χ0) is 19.5. The van der Waals surface area contributed by atoms with Gasteiger partial charge in [-0.05, 0) is 31.0 Å². The third-order valence-corrected chi connectivity index (χ3v) is 4.28. The van der Waals surface area contributed by atoms with Crippen molar-refractivity contribution in [1.29, 1.82) is 0 Å². The highest BCUT2D eigenvalue weighted by Gasteiger charge is 2.31. The minimum atomic E-state index is -0.870. The van der Waals surface area contributed by atoms with Crippen LogP contribution in [-0.2, 0) is 14.4 Å². The van der Waals surface area contributed by atoms with Crippen LogP contribution in [0.5, 0.6) is 0 Å². The summed E-state index contributed by atoms with van der Waals surface area (Å²) in [6.45, 7) is 8.93. The number of amides is 3. The summed E-state index contributed by atoms with van der Waals surface area (Å²) in [5, 5.41) is 2.34. The zero-order valence-corrected chi connectivity index (χ0v) is 15.8. The Morgan fingerprint density at radius 1 is 1.04 bits per heavy atom. The van der Waals surface area contributed by atoms with Crippen LogP contribution in [0.15, 0.2) is 18.2 Å². The van der Waals surface area contributed by atoms with Gasteiger partial charge in [-0.15, -0.1) is 0 Å². The van der Waals surface area contributed by atoms with E-state index in [1.807, 2.05) is 20.8 Å². The summed E-state index contributed by atoms with van der Waals surface area (Å²) < 4.78 is 13.8. The fraction of sp³-hybridized carbons (Fsp3) is 0.526. The molecule has 142 valence electrons. The van der Waals surface area contributed by atoms with Crippen LogP contribution in [0.3, 0.4) is 0 Å². The Bertz CT molecular complexity index is 712. The first-order chi connectivity index (χ1) is 12.1. The van der Waals surface area contributed by atoms with Crippen molar-refractivity contribution in [3.05, 3.63) is 29.6 Å². The van der Waals surface area contributed by atoms with Gasteiger partial charge in [0, 0.05) is 31.6 Å². The molecular formula is C19H26FN3O3. The van der Waals surface area contributed by atoms with E-state index in [2.05, 4.69) is 5.32 Å². The normalized spacial score (nSPS) is 15.4. The van der Waals surface area contributed by atoms with Crippen molar-refractivity contribution >= 4 is 23.4 Å². The molecule has 1 aromatic carbocycles. The van der Waals surface area contributed by atoms with Crippen molar-refractivity contribution in [2.45, 2.75) is 34.1 Å². The average molecular weight is 363 g/mol. The lowest BCUT2D eigenvalue weighted by Gasteiger charge is -2.28. The van der Waals surface area contributed by atoms with E-state index >= 15 is 0 Å². The maximum absolute atomic E-state index is 13.8. The first kappa shape index (κ1) is 19.9. The summed E-state index contributed by atoms with van der Waals surface area (Å²) >= 11 is 0. The van der Waals surface area contributed by atoms with Gasteiger partial charge in [-0.2, -0.15) is 0 Å². The van der Waals surface area contributed by atoms with E-state index in [9.17, 15) is 18.8 Å². The number of benzene rings is 1. The lowest BCUT2D eigenvalue weighted by molar-refractivity contribution is -0.143. The number of nitrogens with zero attached hydrogens (tertiary/aromatic N) is 2. The number of nitrogens with one attached hydrogen (secondary N) is 1. The fourth-order valence-electron chi connectivity index (χ4n) is 2.85. The van der Waals surface area contributed by atoms with Crippen LogP contribution in [0.4, 0.5) is 10.1 Å². The van der Waals surface area contributed by atoms with Gasteiger partial charge in [0.15, 0.2) is 0 Å². The molecular weight excluding hydrogens is 337 g/mol. The van der Waals surface area contributed by atoms with Gasteiger partial charge in [-0.1, -0.05) is 26.8 Å². The Morgan fingerprint density at radius 3 is 2.31 bits per heavy atom. The van der Waals surface area contributed by atoms with Crippen molar-refractivity contribution in [3.8, 4) is 0 Å². The van der Waals surface area contributed by atoms with Gasteiger partial charge in [-0.3, -0.25) is 14.4 Å². The molecule has 1 aromatic rings. The minimum Gasteiger partial charge on any atom is -0.340 e. The van der Waals surface area contributed by atoms with Crippen molar-refractivity contribution in [2.24, 2.45) is 5.41 Å². The molecule has 1 N–H and O–H groups in total. The van der Waals surface area contributed by atoms with Gasteiger partial charge in [0.05, 0.1) is 5.69 Å². The molecule has 1 aliphatic rings. The maximum Gasteiger partial charge on any atom is 0.313 e. The van der Waals surface area contributed by atoms with Crippen molar-refractivity contribution in [3.63, 3.8) is 0 Å². The Kier molecular flexibility index (Phi) is 6.00. The largest absolute Gasteiger partial charge is 0.340 e. The molecule has 7 heteroatoms. The maximum atomic E-state index is 13.8. The second kappa shape index (κ2) is 7.85. The number of rotatable bonds is 1. The molecule has 0 aliphatic carbocycles. The molecule has 0 radical (unpaired) electrons. The number of carbonyl (C=O) groups is 3. The van der Waals surface area contributed by atoms with E-state index in [4.69, 9.17) is 0 Å². The van der Waals surface area contributed by atoms with Gasteiger partial charge in [0.25, 0.3) is 0 Å². The van der Waals surface area contributed by atoms with Crippen LogP contribution in [0, 0.1) is 18.2 Å². The molecule has 6 nitrogen and oxygen atoms in total. The molecule has 0 bridgehead atoms. The molecule has 3 amide bonds. The number of aryl methyl sites for hydroxylation is 1. The van der Waals surface area contributed by atoms with Gasteiger partial charge in [0.2, 0.25) is 5.91 Å². The quantitative estimate of drug-likeness (QED) is 0.778. The number of halogens is 1. The second-order valence-electron chi connectivity index (χ2n) is 7.63. The Balaban J connectivity index is 2.00. The Hall–Kier alpha value is -2.44.